The molecule has 1 N–H and O–H groups in total. The lowest BCUT2D eigenvalue weighted by atomic mass is 10.2. The Hall–Kier alpha value is -1.81. The summed E-state index contributed by atoms with van der Waals surface area (Å²) in [4.78, 5) is 0. The predicted molar refractivity (Wildman–Crippen MR) is 69.8 cm³/mol. The van der Waals surface area contributed by atoms with Gasteiger partial charge in [0.05, 0.1) is 5.02 Å². The van der Waals surface area contributed by atoms with E-state index in [0.29, 0.717) is 10.8 Å². The van der Waals surface area contributed by atoms with E-state index in [1.807, 2.05) is 7.05 Å². The van der Waals surface area contributed by atoms with Gasteiger partial charge in [-0.3, -0.25) is 0 Å². The van der Waals surface area contributed by atoms with E-state index in [1.54, 1.807) is 23.8 Å². The molecule has 3 nitrogen and oxygen atoms in total. The highest BCUT2D eigenvalue weighted by Crippen LogP contribution is 2.29. The molecule has 0 spiro atoms. The molecule has 1 aromatic carbocycles. The zero-order chi connectivity index (χ0) is 14.0. The van der Waals surface area contributed by atoms with E-state index in [4.69, 9.17) is 16.3 Å². The molecule has 19 heavy (non-hydrogen) atoms. The number of halogens is 2. The van der Waals surface area contributed by atoms with Crippen LogP contribution in [-0.4, -0.2) is 5.11 Å². The van der Waals surface area contributed by atoms with Crippen LogP contribution in [0.5, 0.6) is 11.5 Å². The summed E-state index contributed by atoms with van der Waals surface area (Å²) in [6, 6.07) is 5.97. The first-order chi connectivity index (χ1) is 9.00. The van der Waals surface area contributed by atoms with Crippen molar-refractivity contribution in [3.63, 3.8) is 0 Å². The van der Waals surface area contributed by atoms with E-state index in [9.17, 15) is 9.50 Å². The van der Waals surface area contributed by atoms with E-state index in [2.05, 4.69) is 0 Å². The quantitative estimate of drug-likeness (QED) is 0.878. The van der Waals surface area contributed by atoms with Gasteiger partial charge in [-0.2, -0.15) is 0 Å². The lowest BCUT2D eigenvalue weighted by Crippen LogP contribution is -2.31. The van der Waals surface area contributed by atoms with Crippen LogP contribution in [0.2, 0.25) is 5.02 Å². The Morgan fingerprint density at radius 2 is 2.11 bits per heavy atom. The van der Waals surface area contributed by atoms with Crippen molar-refractivity contribution in [2.24, 2.45) is 7.05 Å². The van der Waals surface area contributed by atoms with Gasteiger partial charge in [0.2, 0.25) is 11.4 Å². The van der Waals surface area contributed by atoms with Gasteiger partial charge in [-0.15, -0.1) is 0 Å². The molecular weight excluding hydrogens is 269 g/mol. The number of aromatic nitrogens is 1. The van der Waals surface area contributed by atoms with Crippen LogP contribution >= 0.6 is 11.6 Å². The molecule has 0 saturated heterocycles. The highest BCUT2D eigenvalue weighted by molar-refractivity contribution is 6.31. The second kappa shape index (κ2) is 5.45. The smallest absolute Gasteiger partial charge is 0.229 e. The molecule has 2 rings (SSSR count). The first kappa shape index (κ1) is 13.6. The van der Waals surface area contributed by atoms with Gasteiger partial charge in [0.15, 0.2) is 11.9 Å². The average molecular weight is 283 g/mol. The van der Waals surface area contributed by atoms with Crippen LogP contribution in [0.4, 0.5) is 4.39 Å². The number of aryl methyl sites for hydroxylation is 1. The first-order valence-corrected chi connectivity index (χ1v) is 6.12. The summed E-state index contributed by atoms with van der Waals surface area (Å²) in [6.07, 6.45) is 1.72. The second-order valence-corrected chi connectivity index (χ2v) is 4.62. The van der Waals surface area contributed by atoms with Crippen LogP contribution < -0.4 is 9.30 Å². The van der Waals surface area contributed by atoms with Crippen molar-refractivity contribution in [2.75, 3.05) is 0 Å². The van der Waals surface area contributed by atoms with Crippen molar-refractivity contribution in [1.82, 2.24) is 0 Å². The van der Waals surface area contributed by atoms with Crippen molar-refractivity contribution in [2.45, 2.75) is 13.5 Å². The number of benzene rings is 1. The Bertz CT molecular complexity index is 596. The average Bonchev–Trinajstić information content (AvgIpc) is 2.37. The van der Waals surface area contributed by atoms with Gasteiger partial charge in [0.25, 0.3) is 0 Å². The molecule has 0 saturated carbocycles. The third-order valence-electron chi connectivity index (χ3n) is 2.97. The molecule has 0 amide bonds. The molecule has 0 aliphatic carbocycles. The first-order valence-electron chi connectivity index (χ1n) is 5.74. The van der Waals surface area contributed by atoms with Crippen molar-refractivity contribution in [3.05, 3.63) is 52.6 Å². The lowest BCUT2D eigenvalue weighted by Gasteiger charge is -2.10. The zero-order valence-electron chi connectivity index (χ0n) is 10.7. The Morgan fingerprint density at radius 1 is 1.37 bits per heavy atom. The summed E-state index contributed by atoms with van der Waals surface area (Å²) in [5.41, 5.74) is 1.02. The monoisotopic (exact) mass is 282 g/mol. The normalized spacial score (nSPS) is 10.5. The van der Waals surface area contributed by atoms with Crippen molar-refractivity contribution in [3.8, 4) is 11.5 Å². The fraction of sp³-hybridized carbons (Fsp3) is 0.214. The number of ether oxygens (including phenoxy) is 1. The summed E-state index contributed by atoms with van der Waals surface area (Å²) in [7, 11) is 1.83. The van der Waals surface area contributed by atoms with Crippen LogP contribution in [0, 0.1) is 12.7 Å². The Morgan fingerprint density at radius 3 is 2.79 bits per heavy atom. The van der Waals surface area contributed by atoms with E-state index in [0.717, 1.165) is 5.69 Å². The maximum atomic E-state index is 13.6. The van der Waals surface area contributed by atoms with Crippen LogP contribution in [0.25, 0.3) is 0 Å². The molecule has 0 fully saturated rings. The van der Waals surface area contributed by atoms with Crippen LogP contribution in [0.15, 0.2) is 30.5 Å². The van der Waals surface area contributed by atoms with Crippen molar-refractivity contribution in [1.29, 1.82) is 0 Å². The molecule has 0 atom stereocenters. The minimum atomic E-state index is -0.426. The van der Waals surface area contributed by atoms with E-state index in [1.165, 1.54) is 18.2 Å². The summed E-state index contributed by atoms with van der Waals surface area (Å²) in [5.74, 6) is -0.0858. The van der Waals surface area contributed by atoms with Gasteiger partial charge >= 0.3 is 0 Å². The van der Waals surface area contributed by atoms with Crippen LogP contribution in [-0.2, 0) is 13.7 Å². The van der Waals surface area contributed by atoms with Gasteiger partial charge < -0.3 is 9.84 Å². The highest BCUT2D eigenvalue weighted by atomic mass is 35.5. The number of hydrogen-bond donors (Lipinski definition) is 1. The fourth-order valence-corrected chi connectivity index (χ4v) is 1.93. The molecular formula is C14H14ClFNO2+. The number of aromatic hydroxyl groups is 1. The van der Waals surface area contributed by atoms with Crippen molar-refractivity contribution >= 4 is 11.6 Å². The van der Waals surface area contributed by atoms with Crippen LogP contribution in [0.3, 0.4) is 0 Å². The van der Waals surface area contributed by atoms with E-state index < -0.39 is 5.82 Å². The highest BCUT2D eigenvalue weighted by Gasteiger charge is 2.16. The fourth-order valence-electron chi connectivity index (χ4n) is 1.71. The lowest BCUT2D eigenvalue weighted by molar-refractivity contribution is -0.678. The van der Waals surface area contributed by atoms with Gasteiger partial charge in [0.1, 0.15) is 19.5 Å². The Labute approximate surface area is 115 Å². The predicted octanol–water partition coefficient (Wildman–Crippen LogP) is 2.90. The minimum absolute atomic E-state index is 0.0167. The zero-order valence-corrected chi connectivity index (χ0v) is 11.4. The number of pyridine rings is 1. The molecule has 0 aliphatic heterocycles. The Balaban J connectivity index is 2.27. The van der Waals surface area contributed by atoms with E-state index in [-0.39, 0.29) is 17.9 Å². The molecule has 0 radical (unpaired) electrons. The molecule has 0 bridgehead atoms. The van der Waals surface area contributed by atoms with Gasteiger partial charge in [-0.25, -0.2) is 8.96 Å². The van der Waals surface area contributed by atoms with Gasteiger partial charge in [-0.1, -0.05) is 17.7 Å². The number of rotatable bonds is 3. The minimum Gasteiger partial charge on any atom is -0.504 e. The topological polar surface area (TPSA) is 33.3 Å². The maximum absolute atomic E-state index is 13.6. The summed E-state index contributed by atoms with van der Waals surface area (Å²) < 4.78 is 20.9. The van der Waals surface area contributed by atoms with Gasteiger partial charge in [0, 0.05) is 18.6 Å². The molecule has 0 aliphatic rings. The summed E-state index contributed by atoms with van der Waals surface area (Å²) in [6.45, 7) is 1.77. The summed E-state index contributed by atoms with van der Waals surface area (Å²) >= 11 is 5.92. The third kappa shape index (κ3) is 2.79. The molecule has 1 heterocycles. The Kier molecular flexibility index (Phi) is 3.90. The SMILES string of the molecule is Cc1c(OCc2c(F)cccc2Cl)c(O)cc[n+]1C. The standard InChI is InChI=1S/C14H13ClFNO2/c1-9-14(13(18)6-7-17(9)2)19-8-10-11(15)4-3-5-12(10)16/h3-7H,8H2,1-2H3/p+1. The van der Waals surface area contributed by atoms with Gasteiger partial charge in [-0.05, 0) is 12.1 Å². The van der Waals surface area contributed by atoms with Crippen LogP contribution in [0.1, 0.15) is 11.3 Å². The second-order valence-electron chi connectivity index (χ2n) is 4.22. The maximum Gasteiger partial charge on any atom is 0.229 e. The molecule has 0 unspecified atom stereocenters. The number of nitrogens with zero attached hydrogens (tertiary/aromatic N) is 1. The molecule has 2 aromatic rings. The summed E-state index contributed by atoms with van der Waals surface area (Å²) in [5, 5.41) is 10.1. The third-order valence-corrected chi connectivity index (χ3v) is 3.32. The molecule has 5 heteroatoms. The number of hydrogen-bond acceptors (Lipinski definition) is 2. The van der Waals surface area contributed by atoms with E-state index >= 15 is 0 Å². The van der Waals surface area contributed by atoms with Crippen molar-refractivity contribution < 1.29 is 18.8 Å². The molecule has 100 valence electrons. The largest absolute Gasteiger partial charge is 0.504 e. The molecule has 1 aromatic heterocycles.